The highest BCUT2D eigenvalue weighted by molar-refractivity contribution is 5.94. The molecule has 1 aliphatic rings. The minimum absolute atomic E-state index is 0.118. The predicted molar refractivity (Wildman–Crippen MR) is 122 cm³/mol. The number of halogens is 1. The molecule has 3 rings (SSSR count). The number of aromatic nitrogens is 1. The number of carbonyl (C=O) groups is 1. The predicted octanol–water partition coefficient (Wildman–Crippen LogP) is 1.27. The lowest BCUT2D eigenvalue weighted by molar-refractivity contribution is -0.0934. The second-order valence-corrected chi connectivity index (χ2v) is 8.74. The minimum atomic E-state index is -1.48. The van der Waals surface area contributed by atoms with Gasteiger partial charge in [-0.25, -0.2) is 4.39 Å². The molecule has 1 aromatic carbocycles. The third-order valence-electron chi connectivity index (χ3n) is 6.12. The molecular formula is C24H34FN3O6. The van der Waals surface area contributed by atoms with Crippen LogP contribution >= 0.6 is 0 Å². The largest absolute Gasteiger partial charge is 0.388 e. The van der Waals surface area contributed by atoms with Gasteiger partial charge in [0.15, 0.2) is 0 Å². The highest BCUT2D eigenvalue weighted by Gasteiger charge is 2.29. The summed E-state index contributed by atoms with van der Waals surface area (Å²) in [5.74, 6) is -0.116. The van der Waals surface area contributed by atoms with Crippen molar-refractivity contribution in [2.75, 3.05) is 39.4 Å². The molecule has 1 fully saturated rings. The van der Waals surface area contributed by atoms with Gasteiger partial charge < -0.3 is 29.5 Å². The van der Waals surface area contributed by atoms with Crippen molar-refractivity contribution in [2.45, 2.75) is 51.5 Å². The number of aliphatic hydroxyl groups excluding tert-OH is 3. The van der Waals surface area contributed by atoms with Crippen LogP contribution in [-0.4, -0.2) is 93.9 Å². The lowest BCUT2D eigenvalue weighted by Gasteiger charge is -2.32. The van der Waals surface area contributed by atoms with Crippen molar-refractivity contribution in [1.29, 1.82) is 0 Å². The number of β-amino-alcohol motifs (C(OH)–C–C–N with tert-alkyl or cyclic N) is 1. The first-order valence-electron chi connectivity index (χ1n) is 11.6. The number of carbonyl (C=O) groups excluding carboxylic acids is 1. The molecule has 0 saturated carbocycles. The summed E-state index contributed by atoms with van der Waals surface area (Å²) in [5, 5.41) is 35.1. The highest BCUT2D eigenvalue weighted by Crippen LogP contribution is 2.17. The van der Waals surface area contributed by atoms with E-state index in [1.165, 1.54) is 29.2 Å². The SMILES string of the molecule is Cc1noc(C)c1CN1CCCCOC[C@@H](O)[C@H](O)[C@@H](O)CN(C(=O)c2ccc(F)cc2)CC1. The molecule has 1 aliphatic heterocycles. The van der Waals surface area contributed by atoms with Gasteiger partial charge >= 0.3 is 0 Å². The smallest absolute Gasteiger partial charge is 0.253 e. The molecule has 2 heterocycles. The van der Waals surface area contributed by atoms with Gasteiger partial charge in [0.1, 0.15) is 29.9 Å². The Morgan fingerprint density at radius 2 is 1.82 bits per heavy atom. The third-order valence-corrected chi connectivity index (χ3v) is 6.12. The zero-order valence-electron chi connectivity index (χ0n) is 19.7. The van der Waals surface area contributed by atoms with Crippen molar-refractivity contribution < 1.29 is 33.8 Å². The topological polar surface area (TPSA) is 120 Å². The quantitative estimate of drug-likeness (QED) is 0.602. The van der Waals surface area contributed by atoms with Crippen molar-refractivity contribution >= 4 is 5.91 Å². The molecule has 3 N–H and O–H groups in total. The molecule has 0 spiro atoms. The van der Waals surface area contributed by atoms with E-state index in [1.54, 1.807) is 0 Å². The van der Waals surface area contributed by atoms with Gasteiger partial charge in [0.25, 0.3) is 5.91 Å². The Morgan fingerprint density at radius 1 is 1.09 bits per heavy atom. The van der Waals surface area contributed by atoms with Gasteiger partial charge in [-0.15, -0.1) is 0 Å². The summed E-state index contributed by atoms with van der Waals surface area (Å²) in [4.78, 5) is 16.8. The monoisotopic (exact) mass is 479 g/mol. The molecule has 10 heteroatoms. The first kappa shape index (κ1) is 26.2. The van der Waals surface area contributed by atoms with Crippen LogP contribution in [0.5, 0.6) is 0 Å². The maximum atomic E-state index is 13.4. The van der Waals surface area contributed by atoms with Crippen LogP contribution in [0, 0.1) is 19.7 Å². The fourth-order valence-electron chi connectivity index (χ4n) is 3.97. The number of aliphatic hydroxyl groups is 3. The molecule has 3 atom stereocenters. The van der Waals surface area contributed by atoms with Crippen molar-refractivity contribution in [2.24, 2.45) is 0 Å². The molecule has 34 heavy (non-hydrogen) atoms. The van der Waals surface area contributed by atoms with Crippen molar-refractivity contribution in [3.63, 3.8) is 0 Å². The molecule has 1 aromatic heterocycles. The van der Waals surface area contributed by atoms with E-state index in [0.29, 0.717) is 19.7 Å². The molecule has 9 nitrogen and oxygen atoms in total. The van der Waals surface area contributed by atoms with Crippen LogP contribution in [0.4, 0.5) is 4.39 Å². The van der Waals surface area contributed by atoms with Crippen molar-refractivity contribution in [3.8, 4) is 0 Å². The second kappa shape index (κ2) is 12.4. The van der Waals surface area contributed by atoms with E-state index >= 15 is 0 Å². The summed E-state index contributed by atoms with van der Waals surface area (Å²) in [6.07, 6.45) is -2.57. The standard InChI is InChI=1S/C24H34FN3O6/c1-16-20(17(2)34-26-16)13-27-9-3-4-12-33-15-22(30)23(31)21(29)14-28(11-10-27)24(32)18-5-7-19(25)8-6-18/h5-8,21-23,29-31H,3-4,9-15H2,1-2H3/t21-,22+,23+/m0/s1. The minimum Gasteiger partial charge on any atom is -0.388 e. The Labute approximate surface area is 198 Å². The van der Waals surface area contributed by atoms with E-state index in [-0.39, 0.29) is 25.3 Å². The van der Waals surface area contributed by atoms with E-state index in [4.69, 9.17) is 9.26 Å². The lowest BCUT2D eigenvalue weighted by atomic mass is 10.1. The Kier molecular flexibility index (Phi) is 9.54. The average Bonchev–Trinajstić information content (AvgIpc) is 3.14. The van der Waals surface area contributed by atoms with E-state index in [0.717, 1.165) is 36.4 Å². The maximum absolute atomic E-state index is 13.4. The summed E-state index contributed by atoms with van der Waals surface area (Å²) in [6.45, 7) is 5.93. The Balaban J connectivity index is 1.81. The molecule has 2 aromatic rings. The van der Waals surface area contributed by atoms with Gasteiger partial charge in [0.2, 0.25) is 0 Å². The first-order valence-corrected chi connectivity index (χ1v) is 11.6. The Bertz CT molecular complexity index is 902. The van der Waals surface area contributed by atoms with Crippen LogP contribution in [0.1, 0.15) is 40.2 Å². The number of amides is 1. The molecule has 1 amide bonds. The van der Waals surface area contributed by atoms with Crippen LogP contribution in [0.15, 0.2) is 28.8 Å². The summed E-state index contributed by atoms with van der Waals surface area (Å²) in [5.41, 5.74) is 2.07. The Hall–Kier alpha value is -2.37. The van der Waals surface area contributed by atoms with Crippen LogP contribution in [0.3, 0.4) is 0 Å². The van der Waals surface area contributed by atoms with Crippen LogP contribution in [-0.2, 0) is 11.3 Å². The summed E-state index contributed by atoms with van der Waals surface area (Å²) < 4.78 is 24.1. The maximum Gasteiger partial charge on any atom is 0.253 e. The number of hydrogen-bond acceptors (Lipinski definition) is 8. The molecule has 0 radical (unpaired) electrons. The molecule has 188 valence electrons. The van der Waals surface area contributed by atoms with E-state index in [2.05, 4.69) is 10.1 Å². The zero-order valence-corrected chi connectivity index (χ0v) is 19.7. The first-order chi connectivity index (χ1) is 16.3. The number of ether oxygens (including phenoxy) is 1. The van der Waals surface area contributed by atoms with Gasteiger partial charge in [-0.05, 0) is 57.5 Å². The summed E-state index contributed by atoms with van der Waals surface area (Å²) in [6, 6.07) is 5.17. The van der Waals surface area contributed by atoms with E-state index in [9.17, 15) is 24.5 Å². The zero-order chi connectivity index (χ0) is 24.7. The molecule has 0 bridgehead atoms. The van der Waals surface area contributed by atoms with E-state index in [1.807, 2.05) is 13.8 Å². The van der Waals surface area contributed by atoms with Crippen LogP contribution < -0.4 is 0 Å². The molecule has 0 unspecified atom stereocenters. The van der Waals surface area contributed by atoms with Gasteiger partial charge in [-0.1, -0.05) is 5.16 Å². The molecule has 1 saturated heterocycles. The Morgan fingerprint density at radius 3 is 2.50 bits per heavy atom. The average molecular weight is 480 g/mol. The van der Waals surface area contributed by atoms with Gasteiger partial charge in [0.05, 0.1) is 12.3 Å². The van der Waals surface area contributed by atoms with Crippen molar-refractivity contribution in [3.05, 3.63) is 52.7 Å². The lowest BCUT2D eigenvalue weighted by Crippen LogP contribution is -2.49. The normalized spacial score (nSPS) is 24.1. The summed E-state index contributed by atoms with van der Waals surface area (Å²) in [7, 11) is 0. The fourth-order valence-corrected chi connectivity index (χ4v) is 3.97. The second-order valence-electron chi connectivity index (χ2n) is 8.74. The fraction of sp³-hybridized carbons (Fsp3) is 0.583. The molecular weight excluding hydrogens is 445 g/mol. The van der Waals surface area contributed by atoms with E-state index < -0.39 is 30.0 Å². The van der Waals surface area contributed by atoms with Crippen LogP contribution in [0.25, 0.3) is 0 Å². The number of rotatable bonds is 3. The van der Waals surface area contributed by atoms with Crippen molar-refractivity contribution in [1.82, 2.24) is 15.0 Å². The van der Waals surface area contributed by atoms with Gasteiger partial charge in [-0.3, -0.25) is 9.69 Å². The van der Waals surface area contributed by atoms with Gasteiger partial charge in [-0.2, -0.15) is 0 Å². The number of hydrogen-bond donors (Lipinski definition) is 3. The summed E-state index contributed by atoms with van der Waals surface area (Å²) >= 11 is 0. The van der Waals surface area contributed by atoms with Gasteiger partial charge in [0, 0.05) is 43.9 Å². The van der Waals surface area contributed by atoms with Crippen LogP contribution in [0.2, 0.25) is 0 Å². The third kappa shape index (κ3) is 7.07. The number of benzene rings is 1. The number of aryl methyl sites for hydroxylation is 2. The number of nitrogens with zero attached hydrogens (tertiary/aromatic N) is 3. The molecule has 0 aliphatic carbocycles. The highest BCUT2D eigenvalue weighted by atomic mass is 19.1.